The van der Waals surface area contributed by atoms with Crippen LogP contribution in [0.2, 0.25) is 0 Å². The van der Waals surface area contributed by atoms with E-state index in [0.717, 1.165) is 11.1 Å². The van der Waals surface area contributed by atoms with Crippen molar-refractivity contribution in [3.63, 3.8) is 0 Å². The van der Waals surface area contributed by atoms with Crippen LogP contribution in [0.4, 0.5) is 0 Å². The highest BCUT2D eigenvalue weighted by Gasteiger charge is 2.37. The summed E-state index contributed by atoms with van der Waals surface area (Å²) in [6.45, 7) is 2.40. The van der Waals surface area contributed by atoms with Crippen LogP contribution in [0.1, 0.15) is 28.4 Å². The van der Waals surface area contributed by atoms with Gasteiger partial charge in [-0.25, -0.2) is 0 Å². The van der Waals surface area contributed by atoms with E-state index >= 15 is 0 Å². The first-order valence-corrected chi connectivity index (χ1v) is 8.33. The number of benzene rings is 2. The van der Waals surface area contributed by atoms with E-state index in [1.807, 2.05) is 37.3 Å². The molecule has 0 radical (unpaired) electrons. The second-order valence-corrected chi connectivity index (χ2v) is 6.65. The maximum Gasteiger partial charge on any atom is 0.308 e. The third-order valence-electron chi connectivity index (χ3n) is 4.76. The van der Waals surface area contributed by atoms with E-state index in [2.05, 4.69) is 0 Å². The molecule has 1 aliphatic heterocycles. The molecule has 0 bridgehead atoms. The Kier molecular flexibility index (Phi) is 4.74. The normalized spacial score (nSPS) is 19.8. The van der Waals surface area contributed by atoms with Gasteiger partial charge in [0.15, 0.2) is 0 Å². The molecule has 2 aromatic rings. The summed E-state index contributed by atoms with van der Waals surface area (Å²) in [6, 6.07) is 14.9. The van der Waals surface area contributed by atoms with Gasteiger partial charge >= 0.3 is 5.97 Å². The van der Waals surface area contributed by atoms with Crippen molar-refractivity contribution >= 4 is 11.9 Å². The Morgan fingerprint density at radius 1 is 1.08 bits per heavy atom. The Bertz CT molecular complexity index is 788. The van der Waals surface area contributed by atoms with Gasteiger partial charge in [-0.15, -0.1) is 0 Å². The SMILES string of the molecule is C[C@@H]1CN(C(=O)c2cc(Cc3ccccc3)ccc2O)C[C@H]1C(=O)O. The number of nitrogens with zero attached hydrogens (tertiary/aromatic N) is 1. The molecule has 0 spiro atoms. The minimum Gasteiger partial charge on any atom is -0.507 e. The van der Waals surface area contributed by atoms with Crippen LogP contribution >= 0.6 is 0 Å². The lowest BCUT2D eigenvalue weighted by molar-refractivity contribution is -0.142. The first kappa shape index (κ1) is 17.0. The smallest absolute Gasteiger partial charge is 0.308 e. The summed E-state index contributed by atoms with van der Waals surface area (Å²) in [7, 11) is 0. The van der Waals surface area contributed by atoms with E-state index in [9.17, 15) is 19.8 Å². The van der Waals surface area contributed by atoms with Crippen molar-refractivity contribution < 1.29 is 19.8 Å². The predicted molar refractivity (Wildman–Crippen MR) is 93.5 cm³/mol. The molecule has 1 amide bonds. The van der Waals surface area contributed by atoms with E-state index < -0.39 is 11.9 Å². The monoisotopic (exact) mass is 339 g/mol. The van der Waals surface area contributed by atoms with Gasteiger partial charge in [0.05, 0.1) is 11.5 Å². The van der Waals surface area contributed by atoms with Gasteiger partial charge in [-0.05, 0) is 35.6 Å². The number of likely N-dealkylation sites (tertiary alicyclic amines) is 1. The summed E-state index contributed by atoms with van der Waals surface area (Å²) < 4.78 is 0. The minimum absolute atomic E-state index is 0.0757. The van der Waals surface area contributed by atoms with Crippen molar-refractivity contribution in [2.75, 3.05) is 13.1 Å². The van der Waals surface area contributed by atoms with Gasteiger partial charge in [-0.2, -0.15) is 0 Å². The molecule has 2 aromatic carbocycles. The topological polar surface area (TPSA) is 77.8 Å². The average molecular weight is 339 g/mol. The summed E-state index contributed by atoms with van der Waals surface area (Å²) in [5.74, 6) is -1.93. The zero-order chi connectivity index (χ0) is 18.0. The number of hydrogen-bond donors (Lipinski definition) is 2. The second kappa shape index (κ2) is 6.97. The maximum absolute atomic E-state index is 12.8. The molecule has 2 N–H and O–H groups in total. The lowest BCUT2D eigenvalue weighted by Crippen LogP contribution is -2.30. The van der Waals surface area contributed by atoms with Gasteiger partial charge in [0.2, 0.25) is 0 Å². The van der Waals surface area contributed by atoms with Crippen molar-refractivity contribution in [3.05, 3.63) is 65.2 Å². The lowest BCUT2D eigenvalue weighted by atomic mass is 9.99. The van der Waals surface area contributed by atoms with Gasteiger partial charge in [0, 0.05) is 13.1 Å². The molecular weight excluding hydrogens is 318 g/mol. The first-order valence-electron chi connectivity index (χ1n) is 8.33. The van der Waals surface area contributed by atoms with Crippen molar-refractivity contribution in [2.24, 2.45) is 11.8 Å². The number of carbonyl (C=O) groups is 2. The van der Waals surface area contributed by atoms with Gasteiger partial charge in [0.25, 0.3) is 5.91 Å². The zero-order valence-corrected chi connectivity index (χ0v) is 14.1. The summed E-state index contributed by atoms with van der Waals surface area (Å²) >= 11 is 0. The van der Waals surface area contributed by atoms with Gasteiger partial charge < -0.3 is 15.1 Å². The summed E-state index contributed by atoms with van der Waals surface area (Å²) in [6.07, 6.45) is 0.662. The van der Waals surface area contributed by atoms with Gasteiger partial charge in [-0.1, -0.05) is 43.3 Å². The molecule has 1 saturated heterocycles. The second-order valence-electron chi connectivity index (χ2n) is 6.65. The van der Waals surface area contributed by atoms with Crippen molar-refractivity contribution in [1.82, 2.24) is 4.90 Å². The van der Waals surface area contributed by atoms with E-state index in [-0.39, 0.29) is 29.7 Å². The standard InChI is InChI=1S/C20H21NO4/c1-13-11-21(12-17(13)20(24)25)19(23)16-10-15(7-8-18(16)22)9-14-5-3-2-4-6-14/h2-8,10,13,17,22H,9,11-12H2,1H3,(H,24,25)/t13-,17-/m1/s1. The number of carboxylic acid groups (broad SMARTS) is 1. The molecule has 0 aromatic heterocycles. The van der Waals surface area contributed by atoms with Crippen molar-refractivity contribution in [3.8, 4) is 5.75 Å². The first-order chi connectivity index (χ1) is 12.0. The van der Waals surface area contributed by atoms with Crippen LogP contribution < -0.4 is 0 Å². The largest absolute Gasteiger partial charge is 0.507 e. The van der Waals surface area contributed by atoms with Gasteiger partial charge in [-0.3, -0.25) is 9.59 Å². The Hall–Kier alpha value is -2.82. The highest BCUT2D eigenvalue weighted by atomic mass is 16.4. The van der Waals surface area contributed by atoms with E-state index in [1.165, 1.54) is 11.0 Å². The molecule has 5 heteroatoms. The Labute approximate surface area is 146 Å². The summed E-state index contributed by atoms with van der Waals surface area (Å²) in [4.78, 5) is 25.5. The summed E-state index contributed by atoms with van der Waals surface area (Å²) in [5.41, 5.74) is 2.27. The van der Waals surface area contributed by atoms with Crippen LogP contribution in [0, 0.1) is 11.8 Å². The van der Waals surface area contributed by atoms with E-state index in [4.69, 9.17) is 0 Å². The molecule has 0 aliphatic carbocycles. The Morgan fingerprint density at radius 2 is 1.80 bits per heavy atom. The Balaban J connectivity index is 1.81. The third-order valence-corrected chi connectivity index (χ3v) is 4.76. The van der Waals surface area contributed by atoms with Crippen molar-refractivity contribution in [2.45, 2.75) is 13.3 Å². The number of phenolic OH excluding ortho intramolecular Hbond substituents is 1. The summed E-state index contributed by atoms with van der Waals surface area (Å²) in [5, 5.41) is 19.3. The number of aromatic hydroxyl groups is 1. The Morgan fingerprint density at radius 3 is 2.44 bits per heavy atom. The molecule has 5 nitrogen and oxygen atoms in total. The van der Waals surface area contributed by atoms with E-state index in [1.54, 1.807) is 12.1 Å². The molecule has 2 atom stereocenters. The molecule has 0 unspecified atom stereocenters. The molecule has 1 aliphatic rings. The minimum atomic E-state index is -0.884. The zero-order valence-electron chi connectivity index (χ0n) is 14.1. The fourth-order valence-corrected chi connectivity index (χ4v) is 3.32. The number of carboxylic acids is 1. The van der Waals surface area contributed by atoms with Crippen LogP contribution in [0.3, 0.4) is 0 Å². The fourth-order valence-electron chi connectivity index (χ4n) is 3.32. The molecule has 1 fully saturated rings. The number of rotatable bonds is 4. The number of phenols is 1. The van der Waals surface area contributed by atoms with E-state index in [0.29, 0.717) is 13.0 Å². The number of aliphatic carboxylic acids is 1. The van der Waals surface area contributed by atoms with Crippen LogP contribution in [0.5, 0.6) is 5.75 Å². The molecule has 1 heterocycles. The highest BCUT2D eigenvalue weighted by Crippen LogP contribution is 2.28. The fraction of sp³-hybridized carbons (Fsp3) is 0.300. The third kappa shape index (κ3) is 3.65. The van der Waals surface area contributed by atoms with Crippen molar-refractivity contribution in [1.29, 1.82) is 0 Å². The molecule has 25 heavy (non-hydrogen) atoms. The van der Waals surface area contributed by atoms with Crippen LogP contribution in [0.15, 0.2) is 48.5 Å². The maximum atomic E-state index is 12.8. The molecule has 130 valence electrons. The molecular formula is C20H21NO4. The predicted octanol–water partition coefficient (Wildman–Crippen LogP) is 2.78. The van der Waals surface area contributed by atoms with Crippen LogP contribution in [0.25, 0.3) is 0 Å². The van der Waals surface area contributed by atoms with Crippen LogP contribution in [-0.4, -0.2) is 40.1 Å². The quantitative estimate of drug-likeness (QED) is 0.898. The highest BCUT2D eigenvalue weighted by molar-refractivity contribution is 5.97. The average Bonchev–Trinajstić information content (AvgIpc) is 2.99. The molecule has 3 rings (SSSR count). The van der Waals surface area contributed by atoms with Crippen LogP contribution in [-0.2, 0) is 11.2 Å². The number of amides is 1. The number of hydrogen-bond acceptors (Lipinski definition) is 3. The molecule has 0 saturated carbocycles. The lowest BCUT2D eigenvalue weighted by Gasteiger charge is -2.17. The number of carbonyl (C=O) groups excluding carboxylic acids is 1. The van der Waals surface area contributed by atoms with Gasteiger partial charge in [0.1, 0.15) is 5.75 Å².